The number of H-pyrrole nitrogens is 1. The van der Waals surface area contributed by atoms with E-state index in [1.165, 1.54) is 16.7 Å². The predicted molar refractivity (Wildman–Crippen MR) is 147 cm³/mol. The molecule has 0 radical (unpaired) electrons. The number of amides is 2. The number of piperazine rings is 1. The first-order valence-corrected chi connectivity index (χ1v) is 14.0. The normalized spacial score (nSPS) is 18.5. The van der Waals surface area contributed by atoms with Gasteiger partial charge in [-0.15, -0.1) is 0 Å². The highest BCUT2D eigenvalue weighted by Gasteiger charge is 2.45. The van der Waals surface area contributed by atoms with Crippen LogP contribution in [-0.2, 0) is 26.7 Å². The molecule has 4 rings (SSSR count). The lowest BCUT2D eigenvalue weighted by Crippen LogP contribution is -2.64. The van der Waals surface area contributed by atoms with Crippen molar-refractivity contribution in [2.75, 3.05) is 54.5 Å². The molecular formula is C27H33F6N7O4. The first kappa shape index (κ1) is 33.0. The van der Waals surface area contributed by atoms with Gasteiger partial charge in [0, 0.05) is 31.9 Å². The number of carbonyl (C=O) groups excluding carboxylic acids is 2. The maximum absolute atomic E-state index is 13.6. The summed E-state index contributed by atoms with van der Waals surface area (Å²) >= 11 is 0. The fourth-order valence-electron chi connectivity index (χ4n) is 5.10. The summed E-state index contributed by atoms with van der Waals surface area (Å²) in [5.41, 5.74) is -4.16. The van der Waals surface area contributed by atoms with Crippen molar-refractivity contribution in [1.29, 1.82) is 0 Å². The minimum atomic E-state index is -4.90. The fourth-order valence-corrected chi connectivity index (χ4v) is 5.10. The zero-order valence-corrected chi connectivity index (χ0v) is 24.3. The summed E-state index contributed by atoms with van der Waals surface area (Å²) in [4.78, 5) is 46.8. The van der Waals surface area contributed by atoms with Crippen LogP contribution < -0.4 is 20.7 Å². The van der Waals surface area contributed by atoms with E-state index in [2.05, 4.69) is 15.4 Å². The van der Waals surface area contributed by atoms with Crippen molar-refractivity contribution in [1.82, 2.24) is 20.1 Å². The van der Waals surface area contributed by atoms with Gasteiger partial charge in [0.15, 0.2) is 5.82 Å². The lowest BCUT2D eigenvalue weighted by Gasteiger charge is -2.47. The third kappa shape index (κ3) is 7.25. The summed E-state index contributed by atoms with van der Waals surface area (Å²) in [5.74, 6) is -0.481. The molecule has 17 heteroatoms. The second-order valence-corrected chi connectivity index (χ2v) is 10.9. The molecular weight excluding hydrogens is 600 g/mol. The molecule has 44 heavy (non-hydrogen) atoms. The second kappa shape index (κ2) is 13.0. The summed E-state index contributed by atoms with van der Waals surface area (Å²) in [5, 5.41) is 7.70. The van der Waals surface area contributed by atoms with Crippen LogP contribution in [0.25, 0.3) is 0 Å². The molecule has 0 spiro atoms. The molecule has 0 aromatic carbocycles. The third-order valence-corrected chi connectivity index (χ3v) is 7.58. The minimum Gasteiger partial charge on any atom is -0.379 e. The van der Waals surface area contributed by atoms with E-state index in [4.69, 9.17) is 4.74 Å². The van der Waals surface area contributed by atoms with Gasteiger partial charge in [0.05, 0.1) is 49.3 Å². The van der Waals surface area contributed by atoms with Crippen LogP contribution >= 0.6 is 0 Å². The second-order valence-electron chi connectivity index (χ2n) is 10.9. The molecule has 0 aliphatic carbocycles. The average molecular weight is 634 g/mol. The van der Waals surface area contributed by atoms with Gasteiger partial charge >= 0.3 is 12.4 Å². The molecule has 2 N–H and O–H groups in total. The number of rotatable bonds is 10. The number of fused-ring (bicyclic) bond motifs is 3. The van der Waals surface area contributed by atoms with Crippen LogP contribution in [0.5, 0.6) is 0 Å². The van der Waals surface area contributed by atoms with Crippen molar-refractivity contribution in [3.05, 3.63) is 39.9 Å². The van der Waals surface area contributed by atoms with Gasteiger partial charge in [-0.25, -0.2) is 10.1 Å². The molecule has 2 aromatic heterocycles. The van der Waals surface area contributed by atoms with E-state index >= 15 is 0 Å². The quantitative estimate of drug-likeness (QED) is 0.301. The van der Waals surface area contributed by atoms with Crippen LogP contribution in [0.2, 0.25) is 0 Å². The Morgan fingerprint density at radius 2 is 1.86 bits per heavy atom. The smallest absolute Gasteiger partial charge is 0.379 e. The number of aromatic nitrogens is 3. The Bertz CT molecular complexity index is 1420. The highest BCUT2D eigenvalue weighted by molar-refractivity contribution is 6.05. The molecule has 2 aliphatic heterocycles. The topological polar surface area (TPSA) is 124 Å². The summed E-state index contributed by atoms with van der Waals surface area (Å²) in [6.07, 6.45) is -7.31. The monoisotopic (exact) mass is 633 g/mol. The largest absolute Gasteiger partial charge is 0.423 e. The number of pyridine rings is 1. The molecule has 1 fully saturated rings. The van der Waals surface area contributed by atoms with Gasteiger partial charge in [0.2, 0.25) is 5.91 Å². The standard InChI is InChI=1S/C27H33F6N7O4/c1-4-15(2)12-40-19-9-17(26(28,29)30)10-34-23(19)39-7-6-38(13-20(39)25(40)43)21(41)5-8-44-14-16(3)36-18-11-35-37-24(42)22(18)27(31,32)33/h9-11,15-16,20H,4-8,12-14H2,1-3H3,(H2,36,37,42)/t15?,16-,20?/m0/s1. The van der Waals surface area contributed by atoms with Gasteiger partial charge in [-0.3, -0.25) is 14.4 Å². The number of carbonyl (C=O) groups is 2. The van der Waals surface area contributed by atoms with Crippen LogP contribution in [0, 0.1) is 5.92 Å². The lowest BCUT2D eigenvalue weighted by molar-refractivity contribution is -0.138. The van der Waals surface area contributed by atoms with Gasteiger partial charge in [0.1, 0.15) is 11.6 Å². The van der Waals surface area contributed by atoms with E-state index in [0.717, 1.165) is 18.5 Å². The predicted octanol–water partition coefficient (Wildman–Crippen LogP) is 3.52. The van der Waals surface area contributed by atoms with Gasteiger partial charge in [0.25, 0.3) is 11.5 Å². The number of ether oxygens (including phenoxy) is 1. The summed E-state index contributed by atoms with van der Waals surface area (Å²) in [7, 11) is 0. The number of alkyl halides is 6. The lowest BCUT2D eigenvalue weighted by atomic mass is 10.0. The molecule has 1 saturated heterocycles. The Balaban J connectivity index is 1.37. The van der Waals surface area contributed by atoms with Gasteiger partial charge in [-0.1, -0.05) is 20.3 Å². The molecule has 2 amide bonds. The Labute approximate surface area is 248 Å². The van der Waals surface area contributed by atoms with Gasteiger partial charge in [-0.2, -0.15) is 31.4 Å². The Morgan fingerprint density at radius 3 is 2.52 bits per heavy atom. The Morgan fingerprint density at radius 1 is 1.14 bits per heavy atom. The first-order valence-electron chi connectivity index (χ1n) is 14.0. The summed E-state index contributed by atoms with van der Waals surface area (Å²) < 4.78 is 85.6. The van der Waals surface area contributed by atoms with Crippen molar-refractivity contribution in [2.45, 2.75) is 58.0 Å². The number of hydrogen-bond donors (Lipinski definition) is 2. The zero-order chi connectivity index (χ0) is 32.4. The molecule has 0 bridgehead atoms. The summed E-state index contributed by atoms with van der Waals surface area (Å²) in [6, 6.07) is -0.552. The van der Waals surface area contributed by atoms with Crippen LogP contribution in [0.1, 0.15) is 44.7 Å². The first-order chi connectivity index (χ1) is 20.6. The van der Waals surface area contributed by atoms with Gasteiger partial charge < -0.3 is 24.8 Å². The maximum Gasteiger partial charge on any atom is 0.423 e. The molecule has 242 valence electrons. The molecule has 11 nitrogen and oxygen atoms in total. The molecule has 3 atom stereocenters. The number of nitrogens with zero attached hydrogens (tertiary/aromatic N) is 5. The van der Waals surface area contributed by atoms with E-state index in [0.29, 0.717) is 6.42 Å². The number of hydrogen-bond acceptors (Lipinski definition) is 8. The van der Waals surface area contributed by atoms with E-state index < -0.39 is 52.7 Å². The Hall–Kier alpha value is -3.89. The molecule has 2 unspecified atom stereocenters. The number of halogens is 6. The fraction of sp³-hybridized carbons (Fsp3) is 0.593. The van der Waals surface area contributed by atoms with Crippen LogP contribution in [0.4, 0.5) is 43.5 Å². The van der Waals surface area contributed by atoms with Crippen molar-refractivity contribution in [3.63, 3.8) is 0 Å². The molecule has 2 aromatic rings. The van der Waals surface area contributed by atoms with Crippen molar-refractivity contribution < 1.29 is 40.7 Å². The van der Waals surface area contributed by atoms with E-state index in [9.17, 15) is 40.7 Å². The number of anilines is 3. The van der Waals surface area contributed by atoms with Crippen molar-refractivity contribution in [3.8, 4) is 0 Å². The third-order valence-electron chi connectivity index (χ3n) is 7.58. The SMILES string of the molecule is CCC(C)CN1C(=O)C2CN(C(=O)CCOC[C@H](C)Nc3cn[nH]c(=O)c3C(F)(F)F)CCN2c2ncc(C(F)(F)F)cc21. The highest BCUT2D eigenvalue weighted by atomic mass is 19.4. The number of aromatic amines is 1. The van der Waals surface area contributed by atoms with Crippen LogP contribution in [0.15, 0.2) is 23.3 Å². The van der Waals surface area contributed by atoms with Crippen LogP contribution in [0.3, 0.4) is 0 Å². The van der Waals surface area contributed by atoms with Crippen molar-refractivity contribution in [2.24, 2.45) is 5.92 Å². The summed E-state index contributed by atoms with van der Waals surface area (Å²) in [6.45, 7) is 5.77. The molecule has 4 heterocycles. The molecule has 2 aliphatic rings. The van der Waals surface area contributed by atoms with E-state index in [1.54, 1.807) is 10.00 Å². The zero-order valence-electron chi connectivity index (χ0n) is 24.3. The van der Waals surface area contributed by atoms with E-state index in [1.807, 2.05) is 13.8 Å². The highest BCUT2D eigenvalue weighted by Crippen LogP contribution is 2.40. The maximum atomic E-state index is 13.6. The number of nitrogens with one attached hydrogen (secondary N) is 2. The van der Waals surface area contributed by atoms with E-state index in [-0.39, 0.29) is 69.1 Å². The van der Waals surface area contributed by atoms with Crippen LogP contribution in [-0.4, -0.2) is 83.4 Å². The average Bonchev–Trinajstić information content (AvgIpc) is 2.95. The van der Waals surface area contributed by atoms with Crippen molar-refractivity contribution >= 4 is 29.0 Å². The minimum absolute atomic E-state index is 0.00198. The Kier molecular flexibility index (Phi) is 9.75. The van der Waals surface area contributed by atoms with Gasteiger partial charge in [-0.05, 0) is 18.9 Å². The molecule has 0 saturated carbocycles.